The van der Waals surface area contributed by atoms with E-state index in [-0.39, 0.29) is 5.92 Å². The van der Waals surface area contributed by atoms with Crippen molar-refractivity contribution in [1.29, 1.82) is 0 Å². The third-order valence-corrected chi connectivity index (χ3v) is 4.21. The molecule has 3 aromatic carbocycles. The van der Waals surface area contributed by atoms with Gasteiger partial charge in [-0.1, -0.05) is 78.9 Å². The molecule has 1 nitrogen and oxygen atoms in total. The maximum Gasteiger partial charge on any atom is 0.0702 e. The van der Waals surface area contributed by atoms with Gasteiger partial charge in [-0.2, -0.15) is 0 Å². The zero-order chi connectivity index (χ0) is 15.5. The number of para-hydroxylation sites is 1. The van der Waals surface area contributed by atoms with Crippen LogP contribution in [0, 0.1) is 0 Å². The third kappa shape index (κ3) is 2.74. The Bertz CT molecular complexity index is 874. The largest absolute Gasteiger partial charge is 0.256 e. The summed E-state index contributed by atoms with van der Waals surface area (Å²) in [6.07, 6.45) is 2.01. The molecule has 0 radical (unpaired) electrons. The Morgan fingerprint density at radius 2 is 1.13 bits per heavy atom. The monoisotopic (exact) mass is 295 g/mol. The van der Waals surface area contributed by atoms with E-state index in [2.05, 4.69) is 89.9 Å². The molecule has 0 saturated heterocycles. The smallest absolute Gasteiger partial charge is 0.0702 e. The molecule has 4 rings (SSSR count). The van der Waals surface area contributed by atoms with Gasteiger partial charge < -0.3 is 0 Å². The first-order chi connectivity index (χ1) is 11.4. The number of rotatable bonds is 3. The summed E-state index contributed by atoms with van der Waals surface area (Å²) in [5.41, 5.74) is 4.84. The van der Waals surface area contributed by atoms with Gasteiger partial charge in [-0.05, 0) is 28.8 Å². The molecule has 0 fully saturated rings. The summed E-state index contributed by atoms with van der Waals surface area (Å²) in [7, 11) is 0. The van der Waals surface area contributed by atoms with E-state index in [1.165, 1.54) is 22.1 Å². The molecular weight excluding hydrogens is 278 g/mol. The van der Waals surface area contributed by atoms with Gasteiger partial charge in [0.15, 0.2) is 0 Å². The lowest BCUT2D eigenvalue weighted by Gasteiger charge is -2.19. The third-order valence-electron chi connectivity index (χ3n) is 4.21. The van der Waals surface area contributed by atoms with Crippen molar-refractivity contribution in [3.63, 3.8) is 0 Å². The fourth-order valence-corrected chi connectivity index (χ4v) is 3.11. The van der Waals surface area contributed by atoms with Gasteiger partial charge in [0.2, 0.25) is 0 Å². The maximum atomic E-state index is 4.65. The van der Waals surface area contributed by atoms with E-state index in [9.17, 15) is 0 Å². The van der Waals surface area contributed by atoms with E-state index in [1.807, 2.05) is 12.3 Å². The number of benzene rings is 3. The Kier molecular flexibility index (Phi) is 3.61. The van der Waals surface area contributed by atoms with Gasteiger partial charge in [0, 0.05) is 17.5 Å². The van der Waals surface area contributed by atoms with E-state index in [0.717, 1.165) is 5.52 Å². The average molecular weight is 295 g/mol. The number of hydrogen-bond acceptors (Lipinski definition) is 1. The van der Waals surface area contributed by atoms with Crippen molar-refractivity contribution >= 4 is 10.9 Å². The highest BCUT2D eigenvalue weighted by atomic mass is 14.7. The van der Waals surface area contributed by atoms with Crippen molar-refractivity contribution in [1.82, 2.24) is 4.98 Å². The fourth-order valence-electron chi connectivity index (χ4n) is 3.11. The molecule has 0 aliphatic rings. The molecule has 23 heavy (non-hydrogen) atoms. The van der Waals surface area contributed by atoms with E-state index in [4.69, 9.17) is 0 Å². The SMILES string of the molecule is c1ccc(C(c2ccccc2)c2cnc3ccccc3c2)cc1. The van der Waals surface area contributed by atoms with Crippen LogP contribution in [0.5, 0.6) is 0 Å². The molecule has 1 heteroatoms. The Hall–Kier alpha value is -2.93. The lowest BCUT2D eigenvalue weighted by atomic mass is 9.85. The van der Waals surface area contributed by atoms with E-state index >= 15 is 0 Å². The van der Waals surface area contributed by atoms with Crippen LogP contribution in [0.15, 0.2) is 97.2 Å². The lowest BCUT2D eigenvalue weighted by Crippen LogP contribution is -2.03. The number of fused-ring (bicyclic) bond motifs is 1. The molecule has 0 aliphatic heterocycles. The van der Waals surface area contributed by atoms with Crippen LogP contribution in [0.2, 0.25) is 0 Å². The molecule has 0 bridgehead atoms. The van der Waals surface area contributed by atoms with Gasteiger partial charge in [0.1, 0.15) is 0 Å². The summed E-state index contributed by atoms with van der Waals surface area (Å²) in [5, 5.41) is 1.18. The number of aromatic nitrogens is 1. The predicted octanol–water partition coefficient (Wildman–Crippen LogP) is 5.42. The summed E-state index contributed by atoms with van der Waals surface area (Å²) < 4.78 is 0. The van der Waals surface area contributed by atoms with Crippen molar-refractivity contribution < 1.29 is 0 Å². The summed E-state index contributed by atoms with van der Waals surface area (Å²) in [6.45, 7) is 0. The van der Waals surface area contributed by atoms with E-state index in [1.54, 1.807) is 0 Å². The normalized spacial score (nSPS) is 11.0. The van der Waals surface area contributed by atoms with Crippen molar-refractivity contribution in [3.05, 3.63) is 114 Å². The van der Waals surface area contributed by atoms with E-state index in [0.29, 0.717) is 0 Å². The quantitative estimate of drug-likeness (QED) is 0.492. The minimum Gasteiger partial charge on any atom is -0.256 e. The van der Waals surface area contributed by atoms with Crippen LogP contribution in [0.3, 0.4) is 0 Å². The summed E-state index contributed by atoms with van der Waals surface area (Å²) in [6, 6.07) is 31.8. The van der Waals surface area contributed by atoms with E-state index < -0.39 is 0 Å². The van der Waals surface area contributed by atoms with Crippen LogP contribution in [-0.2, 0) is 0 Å². The van der Waals surface area contributed by atoms with Crippen LogP contribution in [0.25, 0.3) is 10.9 Å². The predicted molar refractivity (Wildman–Crippen MR) is 95.6 cm³/mol. The lowest BCUT2D eigenvalue weighted by molar-refractivity contribution is 0.970. The molecule has 0 unspecified atom stereocenters. The number of pyridine rings is 1. The molecule has 0 saturated carbocycles. The Morgan fingerprint density at radius 1 is 0.565 bits per heavy atom. The fraction of sp³-hybridized carbons (Fsp3) is 0.0455. The first kappa shape index (κ1) is 13.7. The standard InChI is InChI=1S/C22H17N/c1-3-9-17(10-4-1)22(18-11-5-2-6-12-18)20-15-19-13-7-8-14-21(19)23-16-20/h1-16,22H. The highest BCUT2D eigenvalue weighted by molar-refractivity contribution is 5.79. The zero-order valence-electron chi connectivity index (χ0n) is 12.8. The molecule has 1 aromatic heterocycles. The van der Waals surface area contributed by atoms with Crippen molar-refractivity contribution in [2.75, 3.05) is 0 Å². The van der Waals surface area contributed by atoms with Gasteiger partial charge in [-0.15, -0.1) is 0 Å². The van der Waals surface area contributed by atoms with Gasteiger partial charge in [0.05, 0.1) is 5.52 Å². The topological polar surface area (TPSA) is 12.9 Å². The highest BCUT2D eigenvalue weighted by Gasteiger charge is 2.17. The minimum atomic E-state index is 0.203. The zero-order valence-corrected chi connectivity index (χ0v) is 12.8. The molecule has 0 atom stereocenters. The Labute approximate surface area is 136 Å². The average Bonchev–Trinajstić information content (AvgIpc) is 2.64. The summed E-state index contributed by atoms with van der Waals surface area (Å²) in [4.78, 5) is 4.65. The summed E-state index contributed by atoms with van der Waals surface area (Å²) in [5.74, 6) is 0.203. The van der Waals surface area contributed by atoms with Crippen LogP contribution in [0.4, 0.5) is 0 Å². The number of nitrogens with zero attached hydrogens (tertiary/aromatic N) is 1. The molecule has 4 aromatic rings. The molecule has 110 valence electrons. The van der Waals surface area contributed by atoms with Crippen molar-refractivity contribution in [2.45, 2.75) is 5.92 Å². The molecule has 0 N–H and O–H groups in total. The van der Waals surface area contributed by atoms with Crippen molar-refractivity contribution in [2.24, 2.45) is 0 Å². The Balaban J connectivity index is 1.90. The second-order valence-electron chi connectivity index (χ2n) is 5.72. The van der Waals surface area contributed by atoms with Gasteiger partial charge >= 0.3 is 0 Å². The first-order valence-corrected chi connectivity index (χ1v) is 7.86. The summed E-state index contributed by atoms with van der Waals surface area (Å²) >= 11 is 0. The molecule has 0 spiro atoms. The molecule has 0 aliphatic carbocycles. The molecular formula is C22H17N. The van der Waals surface area contributed by atoms with Crippen LogP contribution < -0.4 is 0 Å². The molecule has 1 heterocycles. The molecule has 0 amide bonds. The second-order valence-corrected chi connectivity index (χ2v) is 5.72. The highest BCUT2D eigenvalue weighted by Crippen LogP contribution is 2.32. The van der Waals surface area contributed by atoms with Gasteiger partial charge in [0.25, 0.3) is 0 Å². The van der Waals surface area contributed by atoms with Crippen LogP contribution in [-0.4, -0.2) is 4.98 Å². The first-order valence-electron chi connectivity index (χ1n) is 7.86. The Morgan fingerprint density at radius 3 is 1.78 bits per heavy atom. The van der Waals surface area contributed by atoms with Crippen molar-refractivity contribution in [3.8, 4) is 0 Å². The maximum absolute atomic E-state index is 4.65. The number of hydrogen-bond donors (Lipinski definition) is 0. The minimum absolute atomic E-state index is 0.203. The van der Waals surface area contributed by atoms with Gasteiger partial charge in [-0.25, -0.2) is 0 Å². The second kappa shape index (κ2) is 6.05. The van der Waals surface area contributed by atoms with Crippen LogP contribution in [0.1, 0.15) is 22.6 Å². The van der Waals surface area contributed by atoms with Crippen LogP contribution >= 0.6 is 0 Å². The van der Waals surface area contributed by atoms with Gasteiger partial charge in [-0.3, -0.25) is 4.98 Å².